The predicted octanol–water partition coefficient (Wildman–Crippen LogP) is 2.64. The summed E-state index contributed by atoms with van der Waals surface area (Å²) in [5.41, 5.74) is 0.501. The zero-order valence-corrected chi connectivity index (χ0v) is 16.1. The molecule has 0 spiro atoms. The van der Waals surface area contributed by atoms with E-state index in [4.69, 9.17) is 18.0 Å². The van der Waals surface area contributed by atoms with E-state index in [2.05, 4.69) is 0 Å². The van der Waals surface area contributed by atoms with E-state index in [1.54, 1.807) is 45.6 Å². The van der Waals surface area contributed by atoms with Gasteiger partial charge in [0.25, 0.3) is 0 Å². The number of benzene rings is 1. The molecule has 1 aromatic rings. The van der Waals surface area contributed by atoms with Gasteiger partial charge in [0.05, 0.1) is 11.7 Å². The number of aliphatic hydroxyl groups is 1. The molecule has 0 radical (unpaired) electrons. The molecule has 1 N–H and O–H groups in total. The Morgan fingerprint density at radius 1 is 1.12 bits per heavy atom. The van der Waals surface area contributed by atoms with Crippen LogP contribution in [0.1, 0.15) is 36.0 Å². The van der Waals surface area contributed by atoms with E-state index in [0.717, 1.165) is 12.8 Å². The zero-order valence-electron chi connectivity index (χ0n) is 15.1. The summed E-state index contributed by atoms with van der Waals surface area (Å²) in [4.78, 5) is 12.2. The molecule has 1 aliphatic rings. The monoisotopic (exact) mass is 368 g/mol. The molecule has 3 atom stereocenters. The van der Waals surface area contributed by atoms with Crippen molar-refractivity contribution < 1.29 is 27.9 Å². The summed E-state index contributed by atoms with van der Waals surface area (Å²) in [7, 11) is 2.22. The van der Waals surface area contributed by atoms with Gasteiger partial charge < -0.3 is 23.1 Å². The number of ether oxygens (including phenoxy) is 1. The maximum atomic E-state index is 12.2. The first-order valence-corrected chi connectivity index (χ1v) is 10.6. The lowest BCUT2D eigenvalue weighted by Crippen LogP contribution is -2.44. The van der Waals surface area contributed by atoms with Crippen LogP contribution >= 0.6 is 0 Å². The van der Waals surface area contributed by atoms with Crippen molar-refractivity contribution in [2.24, 2.45) is 5.92 Å². The van der Waals surface area contributed by atoms with Gasteiger partial charge in [-0.1, -0.05) is 18.2 Å². The molecule has 1 aromatic carbocycles. The summed E-state index contributed by atoms with van der Waals surface area (Å²) in [6.07, 6.45) is 1.92. The molecular weight excluding hydrogens is 340 g/mol. The molecule has 0 heterocycles. The minimum absolute atomic E-state index is 0.337. The third-order valence-corrected chi connectivity index (χ3v) is 7.69. The summed E-state index contributed by atoms with van der Waals surface area (Å²) in [6, 6.07) is 9.56. The van der Waals surface area contributed by atoms with Gasteiger partial charge in [0, 0.05) is 27.4 Å². The molecule has 0 bridgehead atoms. The first-order valence-electron chi connectivity index (χ1n) is 8.63. The Balaban J connectivity index is 1.91. The smallest absolute Gasteiger partial charge is 0.456 e. The number of esters is 1. The van der Waals surface area contributed by atoms with Crippen LogP contribution < -0.4 is 0 Å². The van der Waals surface area contributed by atoms with E-state index < -0.39 is 21.0 Å². The normalized spacial score (nSPS) is 24.1. The van der Waals surface area contributed by atoms with Crippen molar-refractivity contribution in [3.8, 4) is 0 Å². The van der Waals surface area contributed by atoms with Crippen molar-refractivity contribution >= 4 is 14.8 Å². The minimum atomic E-state index is -2.60. The molecule has 0 amide bonds. The quantitative estimate of drug-likeness (QED) is 0.562. The molecule has 25 heavy (non-hydrogen) atoms. The highest BCUT2D eigenvalue weighted by Gasteiger charge is 2.40. The summed E-state index contributed by atoms with van der Waals surface area (Å²) < 4.78 is 21.9. The van der Waals surface area contributed by atoms with Gasteiger partial charge in [-0.2, -0.15) is 0 Å². The van der Waals surface area contributed by atoms with Crippen LogP contribution in [0.5, 0.6) is 0 Å². The Kier molecular flexibility index (Phi) is 7.58. The third kappa shape index (κ3) is 5.36. The lowest BCUT2D eigenvalue weighted by molar-refractivity contribution is -0.0483. The van der Waals surface area contributed by atoms with Gasteiger partial charge in [-0.3, -0.25) is 0 Å². The first-order chi connectivity index (χ1) is 12.0. The fourth-order valence-electron chi connectivity index (χ4n) is 3.30. The first kappa shape index (κ1) is 20.1. The Hall–Kier alpha value is -1.25. The SMILES string of the molecule is CO[Si](CCC1CCC(O)C(OC(=O)c2ccccc2)C1)(OC)OC. The molecule has 0 saturated heterocycles. The molecule has 140 valence electrons. The Labute approximate surface area is 150 Å². The second kappa shape index (κ2) is 9.45. The second-order valence-electron chi connectivity index (χ2n) is 6.39. The summed E-state index contributed by atoms with van der Waals surface area (Å²) in [5, 5.41) is 10.2. The number of carbonyl (C=O) groups is 1. The molecule has 2 rings (SSSR count). The molecular formula is C18H28O6Si. The maximum absolute atomic E-state index is 12.2. The number of aliphatic hydroxyl groups excluding tert-OH is 1. The maximum Gasteiger partial charge on any atom is 0.500 e. The van der Waals surface area contributed by atoms with Crippen LogP contribution in [0.15, 0.2) is 30.3 Å². The molecule has 6 nitrogen and oxygen atoms in total. The third-order valence-electron chi connectivity index (χ3n) is 4.93. The van der Waals surface area contributed by atoms with Crippen LogP contribution in [-0.2, 0) is 18.0 Å². The fourth-order valence-corrected chi connectivity index (χ4v) is 5.18. The molecule has 1 saturated carbocycles. The van der Waals surface area contributed by atoms with Crippen LogP contribution in [-0.4, -0.2) is 53.4 Å². The lowest BCUT2D eigenvalue weighted by atomic mass is 9.84. The van der Waals surface area contributed by atoms with Gasteiger partial charge in [0.2, 0.25) is 0 Å². The average molecular weight is 369 g/mol. The van der Waals surface area contributed by atoms with Gasteiger partial charge in [-0.05, 0) is 43.7 Å². The number of rotatable bonds is 8. The molecule has 1 aliphatic carbocycles. The topological polar surface area (TPSA) is 74.2 Å². The lowest BCUT2D eigenvalue weighted by Gasteiger charge is -2.34. The van der Waals surface area contributed by atoms with E-state index in [0.29, 0.717) is 30.4 Å². The van der Waals surface area contributed by atoms with Gasteiger partial charge in [-0.25, -0.2) is 4.79 Å². The van der Waals surface area contributed by atoms with Crippen molar-refractivity contribution in [1.82, 2.24) is 0 Å². The van der Waals surface area contributed by atoms with Gasteiger partial charge in [0.1, 0.15) is 6.10 Å². The average Bonchev–Trinajstić information content (AvgIpc) is 2.66. The van der Waals surface area contributed by atoms with Crippen molar-refractivity contribution in [3.63, 3.8) is 0 Å². The van der Waals surface area contributed by atoms with E-state index in [9.17, 15) is 9.90 Å². The second-order valence-corrected chi connectivity index (χ2v) is 9.48. The van der Waals surface area contributed by atoms with Crippen LogP contribution in [0.3, 0.4) is 0 Å². The molecule has 0 aromatic heterocycles. The number of carbonyl (C=O) groups excluding carboxylic acids is 1. The van der Waals surface area contributed by atoms with E-state index in [-0.39, 0.29) is 5.97 Å². The highest BCUT2D eigenvalue weighted by atomic mass is 28.4. The fraction of sp³-hybridized carbons (Fsp3) is 0.611. The van der Waals surface area contributed by atoms with Crippen molar-refractivity contribution in [2.45, 2.75) is 43.9 Å². The van der Waals surface area contributed by atoms with Crippen LogP contribution in [0.4, 0.5) is 0 Å². The van der Waals surface area contributed by atoms with Crippen LogP contribution in [0.25, 0.3) is 0 Å². The molecule has 3 unspecified atom stereocenters. The summed E-state index contributed by atoms with van der Waals surface area (Å²) in [6.45, 7) is 0. The Bertz CT molecular complexity index is 525. The minimum Gasteiger partial charge on any atom is -0.456 e. The molecule has 7 heteroatoms. The summed E-state index contributed by atoms with van der Waals surface area (Å²) in [5.74, 6) is -0.0519. The largest absolute Gasteiger partial charge is 0.500 e. The zero-order chi connectivity index (χ0) is 18.3. The van der Waals surface area contributed by atoms with Crippen LogP contribution in [0.2, 0.25) is 6.04 Å². The van der Waals surface area contributed by atoms with Gasteiger partial charge >= 0.3 is 14.8 Å². The van der Waals surface area contributed by atoms with Gasteiger partial charge in [-0.15, -0.1) is 0 Å². The van der Waals surface area contributed by atoms with Crippen molar-refractivity contribution in [3.05, 3.63) is 35.9 Å². The highest BCUT2D eigenvalue weighted by molar-refractivity contribution is 6.60. The van der Waals surface area contributed by atoms with E-state index in [1.807, 2.05) is 6.07 Å². The standard InChI is InChI=1S/C18H28O6Si/c1-21-25(22-2,23-3)12-11-14-9-10-16(19)17(13-14)24-18(20)15-7-5-4-6-8-15/h4-8,14,16-17,19H,9-13H2,1-3H3. The van der Waals surface area contributed by atoms with E-state index >= 15 is 0 Å². The molecule has 0 aliphatic heterocycles. The van der Waals surface area contributed by atoms with Gasteiger partial charge in [0.15, 0.2) is 0 Å². The number of hydrogen-bond donors (Lipinski definition) is 1. The highest BCUT2D eigenvalue weighted by Crippen LogP contribution is 2.32. The Morgan fingerprint density at radius 2 is 1.76 bits per heavy atom. The predicted molar refractivity (Wildman–Crippen MR) is 95.2 cm³/mol. The molecule has 1 fully saturated rings. The Morgan fingerprint density at radius 3 is 2.36 bits per heavy atom. The van der Waals surface area contributed by atoms with Crippen molar-refractivity contribution in [2.75, 3.05) is 21.3 Å². The van der Waals surface area contributed by atoms with Crippen LogP contribution in [0, 0.1) is 5.92 Å². The number of hydrogen-bond acceptors (Lipinski definition) is 6. The van der Waals surface area contributed by atoms with E-state index in [1.165, 1.54) is 0 Å². The van der Waals surface area contributed by atoms with Crippen molar-refractivity contribution in [1.29, 1.82) is 0 Å². The summed E-state index contributed by atoms with van der Waals surface area (Å²) >= 11 is 0.